The number of rotatable bonds is 7. The van der Waals surface area contributed by atoms with E-state index in [1.807, 2.05) is 91.0 Å². The Morgan fingerprint density at radius 3 is 1.84 bits per heavy atom. The molecule has 0 spiro atoms. The predicted octanol–water partition coefficient (Wildman–Crippen LogP) is 5.99. The number of nitro groups is 1. The number of hydrogen-bond acceptors (Lipinski definition) is 9. The number of hydrogen-bond donors (Lipinski definition) is 1. The lowest BCUT2D eigenvalue weighted by Gasteiger charge is -2.27. The molecular weight excluding hydrogens is 593 g/mol. The third-order valence-electron chi connectivity index (χ3n) is 7.06. The number of nitrogens with zero attached hydrogens (tertiary/aromatic N) is 6. The molecule has 0 aliphatic rings. The second-order valence-electron chi connectivity index (χ2n) is 9.70. The number of fused-ring (bicyclic) bond motifs is 3. The lowest BCUT2D eigenvalue weighted by molar-refractivity contribution is -0.384. The Morgan fingerprint density at radius 2 is 1.30 bits per heavy atom. The minimum Gasteiger partial charge on any atom is -0.324 e. The Labute approximate surface area is 254 Å². The van der Waals surface area contributed by atoms with E-state index in [1.54, 1.807) is 24.5 Å². The van der Waals surface area contributed by atoms with E-state index >= 15 is 0 Å². The van der Waals surface area contributed by atoms with Crippen LogP contribution in [0.2, 0.25) is 0 Å². The van der Waals surface area contributed by atoms with Gasteiger partial charge in [-0.05, 0) is 12.1 Å². The third kappa shape index (κ3) is 4.74. The number of benzene rings is 4. The Kier molecular flexibility index (Phi) is 7.01. The second kappa shape index (κ2) is 11.3. The Balaban J connectivity index is 1.60. The van der Waals surface area contributed by atoms with Gasteiger partial charge in [0, 0.05) is 46.1 Å². The molecule has 0 saturated carbocycles. The third-order valence-corrected chi connectivity index (χ3v) is 11.7. The zero-order valence-electron chi connectivity index (χ0n) is 22.9. The molecule has 3 heterocycles. The van der Waals surface area contributed by atoms with Gasteiger partial charge in [0.05, 0.1) is 12.0 Å². The molecule has 44 heavy (non-hydrogen) atoms. The van der Waals surface area contributed by atoms with Crippen molar-refractivity contribution in [3.8, 4) is 0 Å². The summed E-state index contributed by atoms with van der Waals surface area (Å²) in [6.45, 7) is 0. The fourth-order valence-electron chi connectivity index (χ4n) is 5.04. The Bertz CT molecular complexity index is 2150. The molecule has 0 aliphatic heterocycles. The summed E-state index contributed by atoms with van der Waals surface area (Å²) < 4.78 is 1.70. The Hall–Kier alpha value is -5.51. The number of nitro benzene ring substituents is 1. The van der Waals surface area contributed by atoms with Crippen LogP contribution < -0.4 is 26.8 Å². The SMILES string of the molecule is O=c1c2sc3nccnc3c2nc(Nc2ccc([N+](=O)[O-])cc2)n1N=P(c1ccccc1)(c1ccccc1)c1ccccc1. The molecule has 0 aliphatic carbocycles. The molecule has 1 N–H and O–H groups in total. The predicted molar refractivity (Wildman–Crippen MR) is 176 cm³/mol. The van der Waals surface area contributed by atoms with Crippen LogP contribution in [0.25, 0.3) is 20.6 Å². The summed E-state index contributed by atoms with van der Waals surface area (Å²) in [6, 6.07) is 35.8. The first kappa shape index (κ1) is 27.3. The number of aromatic nitrogens is 4. The van der Waals surface area contributed by atoms with Crippen molar-refractivity contribution in [2.24, 2.45) is 4.85 Å². The summed E-state index contributed by atoms with van der Waals surface area (Å²) in [7, 11) is -2.88. The van der Waals surface area contributed by atoms with Crippen LogP contribution in [0.15, 0.2) is 137 Å². The second-order valence-corrected chi connectivity index (χ2v) is 13.7. The highest BCUT2D eigenvalue weighted by Crippen LogP contribution is 2.47. The van der Waals surface area contributed by atoms with Gasteiger partial charge in [-0.15, -0.1) is 11.3 Å². The quantitative estimate of drug-likeness (QED) is 0.132. The first-order valence-electron chi connectivity index (χ1n) is 13.5. The largest absolute Gasteiger partial charge is 0.324 e. The normalized spacial score (nSPS) is 11.5. The van der Waals surface area contributed by atoms with Crippen molar-refractivity contribution >= 4 is 72.2 Å². The van der Waals surface area contributed by atoms with E-state index in [-0.39, 0.29) is 17.2 Å². The molecule has 3 aromatic heterocycles. The lowest BCUT2D eigenvalue weighted by Crippen LogP contribution is -2.28. The fourth-order valence-corrected chi connectivity index (χ4v) is 9.45. The van der Waals surface area contributed by atoms with Crippen LogP contribution in [0.5, 0.6) is 0 Å². The van der Waals surface area contributed by atoms with Crippen molar-refractivity contribution in [1.29, 1.82) is 0 Å². The van der Waals surface area contributed by atoms with Crippen LogP contribution in [0.4, 0.5) is 17.3 Å². The van der Waals surface area contributed by atoms with E-state index in [0.29, 0.717) is 26.3 Å². The summed E-state index contributed by atoms with van der Waals surface area (Å²) in [5, 5.41) is 17.3. The number of non-ortho nitro benzene ring substituents is 1. The number of anilines is 2. The maximum absolute atomic E-state index is 14.5. The molecule has 0 amide bonds. The van der Waals surface area contributed by atoms with Crippen molar-refractivity contribution in [3.63, 3.8) is 0 Å². The molecule has 12 heteroatoms. The lowest BCUT2D eigenvalue weighted by atomic mass is 10.3. The summed E-state index contributed by atoms with van der Waals surface area (Å²) >= 11 is 1.22. The van der Waals surface area contributed by atoms with Crippen LogP contribution in [0.1, 0.15) is 0 Å². The van der Waals surface area contributed by atoms with E-state index in [2.05, 4.69) is 15.3 Å². The standard InChI is InChI=1S/C32H22N7O3PS/c40-31-29-27(28-30(44-29)34-21-20-33-28)36-32(35-22-16-18-23(19-17-22)39(41)42)38(31)37-43(24-10-4-1-5-11-24,25-12-6-2-7-13-25)26-14-8-3-9-15-26/h1-21H,(H,35,36). The molecule has 0 saturated heterocycles. The van der Waals surface area contributed by atoms with Crippen molar-refractivity contribution in [3.05, 3.63) is 148 Å². The van der Waals surface area contributed by atoms with Crippen molar-refractivity contribution in [1.82, 2.24) is 19.6 Å². The molecule has 10 nitrogen and oxygen atoms in total. The van der Waals surface area contributed by atoms with E-state index < -0.39 is 12.0 Å². The maximum atomic E-state index is 14.5. The van der Waals surface area contributed by atoms with Crippen LogP contribution in [-0.2, 0) is 0 Å². The number of thiophene rings is 1. The molecule has 0 unspecified atom stereocenters. The summed E-state index contributed by atoms with van der Waals surface area (Å²) in [5.41, 5.74) is 0.985. The van der Waals surface area contributed by atoms with Gasteiger partial charge in [0.25, 0.3) is 11.2 Å². The molecule has 4 aromatic carbocycles. The maximum Gasteiger partial charge on any atom is 0.293 e. The van der Waals surface area contributed by atoms with Gasteiger partial charge in [-0.25, -0.2) is 15.0 Å². The van der Waals surface area contributed by atoms with Crippen molar-refractivity contribution < 1.29 is 4.92 Å². The molecule has 0 fully saturated rings. The van der Waals surface area contributed by atoms with Crippen LogP contribution in [-0.4, -0.2) is 24.6 Å². The van der Waals surface area contributed by atoms with Crippen LogP contribution >= 0.6 is 18.4 Å². The first-order chi connectivity index (χ1) is 21.5. The summed E-state index contributed by atoms with van der Waals surface area (Å²) in [4.78, 5) is 45.0. The number of nitrogens with one attached hydrogen (secondary N) is 1. The molecule has 7 aromatic rings. The highest BCUT2D eigenvalue weighted by molar-refractivity contribution is 7.87. The molecule has 0 bridgehead atoms. The first-order valence-corrected chi connectivity index (χ1v) is 16.1. The average Bonchev–Trinajstić information content (AvgIpc) is 3.45. The smallest absolute Gasteiger partial charge is 0.293 e. The minimum absolute atomic E-state index is 0.0534. The van der Waals surface area contributed by atoms with E-state index in [1.165, 1.54) is 28.1 Å². The monoisotopic (exact) mass is 615 g/mol. The molecular formula is C32H22N7O3PS. The highest BCUT2D eigenvalue weighted by Gasteiger charge is 2.29. The fraction of sp³-hybridized carbons (Fsp3) is 0. The van der Waals surface area contributed by atoms with Gasteiger partial charge in [0.15, 0.2) is 0 Å². The van der Waals surface area contributed by atoms with Gasteiger partial charge in [-0.2, -0.15) is 9.53 Å². The van der Waals surface area contributed by atoms with Gasteiger partial charge < -0.3 is 5.32 Å². The molecule has 0 atom stereocenters. The Morgan fingerprint density at radius 1 is 0.750 bits per heavy atom. The molecule has 214 valence electrons. The van der Waals surface area contributed by atoms with E-state index in [4.69, 9.17) is 9.84 Å². The average molecular weight is 616 g/mol. The molecule has 0 radical (unpaired) electrons. The van der Waals surface area contributed by atoms with Crippen LogP contribution in [0.3, 0.4) is 0 Å². The summed E-state index contributed by atoms with van der Waals surface area (Å²) in [5.74, 6) is 0.147. The highest BCUT2D eigenvalue weighted by atomic mass is 32.1. The van der Waals surface area contributed by atoms with E-state index in [0.717, 1.165) is 15.9 Å². The van der Waals surface area contributed by atoms with Gasteiger partial charge in [-0.1, -0.05) is 91.0 Å². The van der Waals surface area contributed by atoms with Gasteiger partial charge in [-0.3, -0.25) is 14.9 Å². The van der Waals surface area contributed by atoms with Crippen molar-refractivity contribution in [2.45, 2.75) is 0 Å². The topological polar surface area (TPSA) is 128 Å². The summed E-state index contributed by atoms with van der Waals surface area (Å²) in [6.07, 6.45) is 3.14. The van der Waals surface area contributed by atoms with Gasteiger partial charge in [0.2, 0.25) is 5.95 Å². The van der Waals surface area contributed by atoms with Crippen LogP contribution in [0, 0.1) is 10.1 Å². The van der Waals surface area contributed by atoms with Gasteiger partial charge >= 0.3 is 0 Å². The molecule has 7 rings (SSSR count). The zero-order valence-corrected chi connectivity index (χ0v) is 24.6. The van der Waals surface area contributed by atoms with E-state index in [9.17, 15) is 14.9 Å². The van der Waals surface area contributed by atoms with Gasteiger partial charge in [0.1, 0.15) is 20.6 Å². The van der Waals surface area contributed by atoms with Crippen molar-refractivity contribution in [2.75, 3.05) is 5.32 Å². The minimum atomic E-state index is -2.88. The zero-order chi connectivity index (χ0) is 30.1.